The Balaban J connectivity index is 1.19. The van der Waals surface area contributed by atoms with Gasteiger partial charge in [0.15, 0.2) is 11.6 Å². The van der Waals surface area contributed by atoms with Crippen molar-refractivity contribution in [3.8, 4) is 6.07 Å². The van der Waals surface area contributed by atoms with Gasteiger partial charge in [-0.2, -0.15) is 10.2 Å². The summed E-state index contributed by atoms with van der Waals surface area (Å²) in [6.07, 6.45) is 9.26. The first-order valence-corrected chi connectivity index (χ1v) is 14.6. The molecule has 9 nitrogen and oxygen atoms in total. The number of carbonyl (C=O) groups is 1. The number of aromatic nitrogens is 2. The van der Waals surface area contributed by atoms with Crippen LogP contribution in [0.2, 0.25) is 5.02 Å². The lowest BCUT2D eigenvalue weighted by molar-refractivity contribution is -0.312. The highest BCUT2D eigenvalue weighted by Gasteiger charge is 2.43. The third-order valence-corrected chi connectivity index (χ3v) is 8.67. The van der Waals surface area contributed by atoms with Gasteiger partial charge >= 0.3 is 0 Å². The van der Waals surface area contributed by atoms with Gasteiger partial charge in [-0.05, 0) is 50.4 Å². The molecule has 1 aromatic carbocycles. The van der Waals surface area contributed by atoms with Crippen LogP contribution in [0.1, 0.15) is 87.0 Å². The number of nitrogens with one attached hydrogen (secondary N) is 1. The van der Waals surface area contributed by atoms with Crippen LogP contribution in [0.15, 0.2) is 30.5 Å². The molecule has 40 heavy (non-hydrogen) atoms. The first-order valence-electron chi connectivity index (χ1n) is 14.3. The summed E-state index contributed by atoms with van der Waals surface area (Å²) in [6, 6.07) is 10.2. The maximum atomic E-state index is 13.3. The Hall–Kier alpha value is -2.77. The number of rotatable bonds is 7. The molecule has 2 aromatic rings. The molecule has 3 aliphatic rings. The van der Waals surface area contributed by atoms with E-state index in [0.29, 0.717) is 22.4 Å². The number of carbonyl (C=O) groups excluding carboxylic acids is 1. The van der Waals surface area contributed by atoms with Crippen molar-refractivity contribution in [1.29, 1.82) is 5.26 Å². The smallest absolute Gasteiger partial charge is 0.269 e. The molecule has 2 aliphatic carbocycles. The summed E-state index contributed by atoms with van der Waals surface area (Å²) >= 11 is 6.40. The molecule has 1 spiro atoms. The van der Waals surface area contributed by atoms with Gasteiger partial charge in [-0.25, -0.2) is 4.98 Å². The number of halogens is 1. The minimum absolute atomic E-state index is 0.0148. The highest BCUT2D eigenvalue weighted by Crippen LogP contribution is 2.40. The van der Waals surface area contributed by atoms with Gasteiger partial charge in [0.05, 0.1) is 25.5 Å². The number of hydrogen-bond acceptors (Lipinski definition) is 8. The lowest BCUT2D eigenvalue weighted by Gasteiger charge is -2.47. The van der Waals surface area contributed by atoms with E-state index in [2.05, 4.69) is 41.2 Å². The number of nitrogens with zero attached hydrogens (tertiary/aromatic N) is 5. The van der Waals surface area contributed by atoms with E-state index >= 15 is 0 Å². The highest BCUT2D eigenvalue weighted by molar-refractivity contribution is 6.32. The van der Waals surface area contributed by atoms with E-state index in [1.807, 2.05) is 30.3 Å². The van der Waals surface area contributed by atoms with Gasteiger partial charge in [-0.1, -0.05) is 50.4 Å². The van der Waals surface area contributed by atoms with Crippen molar-refractivity contribution >= 4 is 23.3 Å². The fraction of sp³-hybridized carbons (Fsp3) is 0.600. The van der Waals surface area contributed by atoms with Gasteiger partial charge in [0, 0.05) is 36.4 Å². The van der Waals surface area contributed by atoms with E-state index < -0.39 is 5.79 Å². The zero-order valence-electron chi connectivity index (χ0n) is 23.7. The molecule has 10 heteroatoms. The van der Waals surface area contributed by atoms with Gasteiger partial charge in [0.2, 0.25) is 5.82 Å². The summed E-state index contributed by atoms with van der Waals surface area (Å²) in [7, 11) is 2.16. The third kappa shape index (κ3) is 6.58. The summed E-state index contributed by atoms with van der Waals surface area (Å²) in [5.41, 5.74) is 4.79. The van der Waals surface area contributed by atoms with Gasteiger partial charge < -0.3 is 9.47 Å². The fourth-order valence-electron chi connectivity index (χ4n) is 5.92. The average Bonchev–Trinajstić information content (AvgIpc) is 3.50. The minimum atomic E-state index is -0.402. The van der Waals surface area contributed by atoms with Crippen molar-refractivity contribution in [2.45, 2.75) is 89.6 Å². The molecular weight excluding hydrogens is 528 g/mol. The maximum Gasteiger partial charge on any atom is 0.269 e. The normalized spacial score (nSPS) is 20.9. The molecule has 0 atom stereocenters. The Morgan fingerprint density at radius 3 is 2.38 bits per heavy atom. The van der Waals surface area contributed by atoms with Crippen molar-refractivity contribution in [2.75, 3.05) is 25.3 Å². The van der Waals surface area contributed by atoms with Gasteiger partial charge in [0.25, 0.3) is 5.91 Å². The van der Waals surface area contributed by atoms with Crippen LogP contribution in [-0.4, -0.2) is 58.9 Å². The quantitative estimate of drug-likeness (QED) is 0.454. The molecule has 214 valence electrons. The number of nitriles is 1. The SMILES string of the molecule is CN(Cc1ccc(C(=O)NN(c2nc(C#N)ncc2Cl)C2CCCC2)cc1)C1CCC2(CC1)OCC(C)(C)CO2. The number of benzene rings is 1. The maximum absolute atomic E-state index is 13.3. The zero-order chi connectivity index (χ0) is 28.3. The second kappa shape index (κ2) is 12.0. The Morgan fingerprint density at radius 1 is 1.10 bits per heavy atom. The first-order chi connectivity index (χ1) is 19.2. The van der Waals surface area contributed by atoms with E-state index in [-0.39, 0.29) is 23.2 Å². The predicted octanol–water partition coefficient (Wildman–Crippen LogP) is 5.24. The first kappa shape index (κ1) is 28.7. The molecule has 1 saturated heterocycles. The van der Waals surface area contributed by atoms with Gasteiger partial charge in [0.1, 0.15) is 11.1 Å². The highest BCUT2D eigenvalue weighted by atomic mass is 35.5. The molecular formula is C30H39ClN6O3. The van der Waals surface area contributed by atoms with E-state index in [4.69, 9.17) is 21.1 Å². The molecule has 3 fully saturated rings. The molecule has 5 rings (SSSR count). The summed E-state index contributed by atoms with van der Waals surface area (Å²) in [5, 5.41) is 11.3. The molecule has 1 amide bonds. The molecule has 1 aliphatic heterocycles. The predicted molar refractivity (Wildman–Crippen MR) is 153 cm³/mol. The Morgan fingerprint density at radius 2 is 1.75 bits per heavy atom. The van der Waals surface area contributed by atoms with Crippen LogP contribution in [-0.2, 0) is 16.0 Å². The molecule has 2 heterocycles. The monoisotopic (exact) mass is 566 g/mol. The Bertz CT molecular complexity index is 1220. The fourth-order valence-corrected chi connectivity index (χ4v) is 6.10. The number of hydrazine groups is 1. The van der Waals surface area contributed by atoms with Crippen LogP contribution in [0.5, 0.6) is 0 Å². The van der Waals surface area contributed by atoms with Crippen LogP contribution in [0.3, 0.4) is 0 Å². The Labute approximate surface area is 241 Å². The summed E-state index contributed by atoms with van der Waals surface area (Å²) in [6.45, 7) is 6.66. The number of anilines is 1. The average molecular weight is 567 g/mol. The van der Waals surface area contributed by atoms with Crippen molar-refractivity contribution in [3.63, 3.8) is 0 Å². The topological polar surface area (TPSA) is 104 Å². The summed E-state index contributed by atoms with van der Waals surface area (Å²) in [5.74, 6) is -0.275. The summed E-state index contributed by atoms with van der Waals surface area (Å²) in [4.78, 5) is 23.9. The van der Waals surface area contributed by atoms with Crippen LogP contribution < -0.4 is 10.4 Å². The van der Waals surface area contributed by atoms with Gasteiger partial charge in [-0.15, -0.1) is 0 Å². The third-order valence-electron chi connectivity index (χ3n) is 8.41. The van der Waals surface area contributed by atoms with Gasteiger partial charge in [-0.3, -0.25) is 20.1 Å². The van der Waals surface area contributed by atoms with Crippen molar-refractivity contribution < 1.29 is 14.3 Å². The zero-order valence-corrected chi connectivity index (χ0v) is 24.4. The molecule has 1 aromatic heterocycles. The summed E-state index contributed by atoms with van der Waals surface area (Å²) < 4.78 is 12.4. The molecule has 0 unspecified atom stereocenters. The second-order valence-corrected chi connectivity index (χ2v) is 12.6. The standard InChI is InChI=1S/C30H39ClN6O3/c1-29(2)19-39-30(40-20-29)14-12-23(13-15-30)36(3)18-21-8-10-22(11-9-21)28(38)35-37(24-6-4-5-7-24)27-25(31)17-33-26(16-32)34-27/h8-11,17,23-24H,4-7,12-15,18-20H2,1-3H3,(H,35,38). The van der Waals surface area contributed by atoms with Crippen molar-refractivity contribution in [1.82, 2.24) is 20.3 Å². The van der Waals surface area contributed by atoms with Crippen molar-refractivity contribution in [3.05, 3.63) is 52.4 Å². The van der Waals surface area contributed by atoms with E-state index in [9.17, 15) is 10.1 Å². The lowest BCUT2D eigenvalue weighted by atomic mass is 9.86. The molecule has 0 bridgehead atoms. The number of ether oxygens (including phenoxy) is 2. The lowest BCUT2D eigenvalue weighted by Crippen LogP contribution is -2.51. The van der Waals surface area contributed by atoms with Crippen LogP contribution in [0.25, 0.3) is 0 Å². The Kier molecular flexibility index (Phi) is 8.62. The molecule has 2 saturated carbocycles. The number of amides is 1. The van der Waals surface area contributed by atoms with Crippen LogP contribution >= 0.6 is 11.6 Å². The number of hydrogen-bond donors (Lipinski definition) is 1. The van der Waals surface area contributed by atoms with E-state index in [0.717, 1.165) is 76.7 Å². The molecule has 0 radical (unpaired) electrons. The van der Waals surface area contributed by atoms with Crippen LogP contribution in [0, 0.1) is 16.7 Å². The largest absolute Gasteiger partial charge is 0.349 e. The molecule has 1 N–H and O–H groups in total. The second-order valence-electron chi connectivity index (χ2n) is 12.2. The van der Waals surface area contributed by atoms with E-state index in [1.165, 1.54) is 6.20 Å². The van der Waals surface area contributed by atoms with Crippen LogP contribution in [0.4, 0.5) is 5.82 Å². The minimum Gasteiger partial charge on any atom is -0.349 e. The van der Waals surface area contributed by atoms with E-state index in [1.54, 1.807) is 5.01 Å². The van der Waals surface area contributed by atoms with Crippen molar-refractivity contribution in [2.24, 2.45) is 5.41 Å².